The van der Waals surface area contributed by atoms with Crippen LogP contribution in [0.3, 0.4) is 0 Å². The molecule has 0 unspecified atom stereocenters. The minimum Gasteiger partial charge on any atom is -0.356 e. The number of carbonyl (C=O) groups excluding carboxylic acids is 1. The van der Waals surface area contributed by atoms with Gasteiger partial charge in [-0.3, -0.25) is 9.79 Å². The van der Waals surface area contributed by atoms with E-state index < -0.39 is 0 Å². The highest BCUT2D eigenvalue weighted by molar-refractivity contribution is 7.98. The van der Waals surface area contributed by atoms with Gasteiger partial charge in [-0.15, -0.1) is 0 Å². The lowest BCUT2D eigenvalue weighted by Crippen LogP contribution is -2.41. The molecule has 1 rings (SSSR count). The van der Waals surface area contributed by atoms with Crippen LogP contribution in [-0.4, -0.2) is 50.1 Å². The van der Waals surface area contributed by atoms with Crippen LogP contribution in [0.2, 0.25) is 0 Å². The van der Waals surface area contributed by atoms with E-state index in [4.69, 9.17) is 0 Å². The van der Waals surface area contributed by atoms with Crippen molar-refractivity contribution in [2.75, 3.05) is 32.1 Å². The third kappa shape index (κ3) is 7.62. The molecule has 1 amide bonds. The first-order valence-corrected chi connectivity index (χ1v) is 8.88. The molecule has 0 spiro atoms. The van der Waals surface area contributed by atoms with Crippen LogP contribution in [0.1, 0.15) is 38.5 Å². The Morgan fingerprint density at radius 2 is 1.90 bits per heavy atom. The molecular formula is C14H28N4OS. The zero-order chi connectivity index (χ0) is 14.6. The van der Waals surface area contributed by atoms with Gasteiger partial charge in [0, 0.05) is 38.4 Å². The molecule has 1 fully saturated rings. The molecule has 0 bridgehead atoms. The van der Waals surface area contributed by atoms with Gasteiger partial charge in [-0.05, 0) is 19.1 Å². The standard InChI is InChI=1S/C14H28N4OS/c1-15-14(17-10-11-20-2)16-9-8-13(19)18-12-6-4-3-5-7-12/h12H,3-11H2,1-2H3,(H,18,19)(H2,15,16,17). The fraction of sp³-hybridized carbons (Fsp3) is 0.857. The van der Waals surface area contributed by atoms with E-state index in [-0.39, 0.29) is 5.91 Å². The summed E-state index contributed by atoms with van der Waals surface area (Å²) in [6.45, 7) is 1.51. The molecule has 0 aromatic carbocycles. The molecule has 0 aliphatic heterocycles. The Kier molecular flexibility index (Phi) is 9.28. The second kappa shape index (κ2) is 10.8. The Morgan fingerprint density at radius 1 is 1.20 bits per heavy atom. The van der Waals surface area contributed by atoms with Crippen molar-refractivity contribution < 1.29 is 4.79 Å². The second-order valence-electron chi connectivity index (χ2n) is 5.07. The molecule has 0 saturated heterocycles. The number of carbonyl (C=O) groups is 1. The number of hydrogen-bond donors (Lipinski definition) is 3. The molecule has 0 heterocycles. The van der Waals surface area contributed by atoms with Crippen molar-refractivity contribution in [3.8, 4) is 0 Å². The van der Waals surface area contributed by atoms with Gasteiger partial charge in [-0.1, -0.05) is 19.3 Å². The van der Waals surface area contributed by atoms with Gasteiger partial charge in [-0.25, -0.2) is 0 Å². The topological polar surface area (TPSA) is 65.5 Å². The number of guanidine groups is 1. The molecule has 0 radical (unpaired) electrons. The molecule has 0 atom stereocenters. The van der Waals surface area contributed by atoms with Crippen molar-refractivity contribution in [2.24, 2.45) is 4.99 Å². The maximum absolute atomic E-state index is 11.8. The molecule has 6 heteroatoms. The molecule has 5 nitrogen and oxygen atoms in total. The van der Waals surface area contributed by atoms with Crippen LogP contribution < -0.4 is 16.0 Å². The highest BCUT2D eigenvalue weighted by Gasteiger charge is 2.15. The Morgan fingerprint density at radius 3 is 2.55 bits per heavy atom. The van der Waals surface area contributed by atoms with Crippen LogP contribution in [0.5, 0.6) is 0 Å². The quantitative estimate of drug-likeness (QED) is 0.377. The maximum atomic E-state index is 11.8. The first-order valence-electron chi connectivity index (χ1n) is 7.49. The highest BCUT2D eigenvalue weighted by Crippen LogP contribution is 2.17. The summed E-state index contributed by atoms with van der Waals surface area (Å²) in [4.78, 5) is 16.0. The van der Waals surface area contributed by atoms with E-state index in [2.05, 4.69) is 27.2 Å². The van der Waals surface area contributed by atoms with Crippen molar-refractivity contribution in [3.05, 3.63) is 0 Å². The third-order valence-corrected chi connectivity index (χ3v) is 4.05. The molecule has 1 saturated carbocycles. The fourth-order valence-electron chi connectivity index (χ4n) is 2.33. The molecule has 1 aliphatic rings. The van der Waals surface area contributed by atoms with Gasteiger partial charge in [0.25, 0.3) is 0 Å². The predicted molar refractivity (Wildman–Crippen MR) is 87.4 cm³/mol. The Hall–Kier alpha value is -0.910. The van der Waals surface area contributed by atoms with E-state index in [1.807, 2.05) is 0 Å². The number of thioether (sulfide) groups is 1. The van der Waals surface area contributed by atoms with Crippen molar-refractivity contribution in [1.29, 1.82) is 0 Å². The smallest absolute Gasteiger partial charge is 0.221 e. The number of hydrogen-bond acceptors (Lipinski definition) is 3. The fourth-order valence-corrected chi connectivity index (χ4v) is 2.64. The van der Waals surface area contributed by atoms with Crippen molar-refractivity contribution >= 4 is 23.6 Å². The summed E-state index contributed by atoms with van der Waals surface area (Å²) in [7, 11) is 1.75. The first kappa shape index (κ1) is 17.1. The first-order chi connectivity index (χ1) is 9.76. The number of rotatable bonds is 7. The van der Waals surface area contributed by atoms with Gasteiger partial charge in [0.05, 0.1) is 0 Å². The van der Waals surface area contributed by atoms with Crippen LogP contribution in [0.15, 0.2) is 4.99 Å². The van der Waals surface area contributed by atoms with Crippen molar-refractivity contribution in [1.82, 2.24) is 16.0 Å². The number of nitrogens with zero attached hydrogens (tertiary/aromatic N) is 1. The van der Waals surface area contributed by atoms with E-state index in [1.54, 1.807) is 18.8 Å². The van der Waals surface area contributed by atoms with Crippen LogP contribution in [-0.2, 0) is 4.79 Å². The molecule has 20 heavy (non-hydrogen) atoms. The van der Waals surface area contributed by atoms with Gasteiger partial charge in [0.15, 0.2) is 5.96 Å². The molecule has 116 valence electrons. The number of aliphatic imine (C=N–C) groups is 1. The van der Waals surface area contributed by atoms with E-state index >= 15 is 0 Å². The van der Waals surface area contributed by atoms with Gasteiger partial charge in [0.2, 0.25) is 5.91 Å². The lowest BCUT2D eigenvalue weighted by Gasteiger charge is -2.22. The maximum Gasteiger partial charge on any atom is 0.221 e. The Labute approximate surface area is 126 Å². The van der Waals surface area contributed by atoms with Crippen LogP contribution >= 0.6 is 11.8 Å². The van der Waals surface area contributed by atoms with E-state index in [0.29, 0.717) is 19.0 Å². The number of nitrogens with one attached hydrogen (secondary N) is 3. The summed E-state index contributed by atoms with van der Waals surface area (Å²) < 4.78 is 0. The highest BCUT2D eigenvalue weighted by atomic mass is 32.2. The monoisotopic (exact) mass is 300 g/mol. The summed E-state index contributed by atoms with van der Waals surface area (Å²) in [6.07, 6.45) is 8.65. The van der Waals surface area contributed by atoms with Crippen molar-refractivity contribution in [2.45, 2.75) is 44.6 Å². The zero-order valence-corrected chi connectivity index (χ0v) is 13.5. The minimum absolute atomic E-state index is 0.143. The SMILES string of the molecule is CN=C(NCCSC)NCCC(=O)NC1CCCCC1. The molecule has 0 aromatic rings. The zero-order valence-electron chi connectivity index (χ0n) is 12.7. The average molecular weight is 300 g/mol. The summed E-state index contributed by atoms with van der Waals surface area (Å²) in [6, 6.07) is 0.398. The summed E-state index contributed by atoms with van der Waals surface area (Å²) in [5.41, 5.74) is 0. The molecular weight excluding hydrogens is 272 g/mol. The average Bonchev–Trinajstić information content (AvgIpc) is 2.47. The van der Waals surface area contributed by atoms with Crippen LogP contribution in [0.4, 0.5) is 0 Å². The summed E-state index contributed by atoms with van der Waals surface area (Å²) in [5, 5.41) is 9.50. The summed E-state index contributed by atoms with van der Waals surface area (Å²) in [5.74, 6) is 1.96. The van der Waals surface area contributed by atoms with Gasteiger partial charge >= 0.3 is 0 Å². The van der Waals surface area contributed by atoms with Crippen LogP contribution in [0, 0.1) is 0 Å². The third-order valence-electron chi connectivity index (χ3n) is 3.44. The Bertz CT molecular complexity index is 304. The largest absolute Gasteiger partial charge is 0.356 e. The van der Waals surface area contributed by atoms with Gasteiger partial charge in [0.1, 0.15) is 0 Å². The van der Waals surface area contributed by atoms with Crippen LogP contribution in [0.25, 0.3) is 0 Å². The predicted octanol–water partition coefficient (Wildman–Crippen LogP) is 1.35. The van der Waals surface area contributed by atoms with Gasteiger partial charge < -0.3 is 16.0 Å². The Balaban J connectivity index is 2.10. The molecule has 0 aromatic heterocycles. The molecule has 3 N–H and O–H groups in total. The second-order valence-corrected chi connectivity index (χ2v) is 6.06. The minimum atomic E-state index is 0.143. The van der Waals surface area contributed by atoms with E-state index in [9.17, 15) is 4.79 Å². The number of amides is 1. The summed E-state index contributed by atoms with van der Waals surface area (Å²) >= 11 is 1.79. The lowest BCUT2D eigenvalue weighted by atomic mass is 9.95. The van der Waals surface area contributed by atoms with E-state index in [0.717, 1.165) is 31.1 Å². The van der Waals surface area contributed by atoms with Gasteiger partial charge in [-0.2, -0.15) is 11.8 Å². The van der Waals surface area contributed by atoms with Crippen molar-refractivity contribution in [3.63, 3.8) is 0 Å². The van der Waals surface area contributed by atoms with E-state index in [1.165, 1.54) is 19.3 Å². The lowest BCUT2D eigenvalue weighted by molar-refractivity contribution is -0.121. The molecule has 1 aliphatic carbocycles. The normalized spacial score (nSPS) is 16.8.